The number of hydrogen-bond donors (Lipinski definition) is 2. The predicted octanol–water partition coefficient (Wildman–Crippen LogP) is 3.42. The standard InChI is InChI=1S/C20H23FN2O4.ClH/c1-25-18-5-3-14(20(24)23-15-6-8-26-9-7-15)11-19(18)27-17-4-2-13(12-22)10-16(17)21;/h2-5,10-11,15H,6-9,12,22H2,1H3,(H,23,24);1H. The van der Waals surface area contributed by atoms with Crippen LogP contribution in [0.2, 0.25) is 0 Å². The highest BCUT2D eigenvalue weighted by molar-refractivity contribution is 5.95. The highest BCUT2D eigenvalue weighted by Crippen LogP contribution is 2.34. The van der Waals surface area contributed by atoms with E-state index in [-0.39, 0.29) is 42.4 Å². The van der Waals surface area contributed by atoms with Gasteiger partial charge in [0.05, 0.1) is 7.11 Å². The summed E-state index contributed by atoms with van der Waals surface area (Å²) < 4.78 is 30.5. The summed E-state index contributed by atoms with van der Waals surface area (Å²) in [4.78, 5) is 12.5. The molecular weight excluding hydrogens is 387 g/mol. The minimum absolute atomic E-state index is 0. The third-order valence-electron chi connectivity index (χ3n) is 4.43. The Morgan fingerprint density at radius 1 is 1.18 bits per heavy atom. The van der Waals surface area contributed by atoms with E-state index in [4.69, 9.17) is 19.9 Å². The number of carbonyl (C=O) groups excluding carboxylic acids is 1. The van der Waals surface area contributed by atoms with Gasteiger partial charge in [0.25, 0.3) is 5.91 Å². The summed E-state index contributed by atoms with van der Waals surface area (Å²) in [7, 11) is 1.48. The first kappa shape index (κ1) is 21.9. The predicted molar refractivity (Wildman–Crippen MR) is 106 cm³/mol. The van der Waals surface area contributed by atoms with Crippen molar-refractivity contribution in [3.8, 4) is 17.2 Å². The van der Waals surface area contributed by atoms with Crippen LogP contribution in [0.4, 0.5) is 4.39 Å². The largest absolute Gasteiger partial charge is 0.493 e. The van der Waals surface area contributed by atoms with Crippen LogP contribution in [0.1, 0.15) is 28.8 Å². The average molecular weight is 411 g/mol. The lowest BCUT2D eigenvalue weighted by Crippen LogP contribution is -2.38. The summed E-state index contributed by atoms with van der Waals surface area (Å²) in [6.45, 7) is 1.52. The van der Waals surface area contributed by atoms with Crippen LogP contribution in [-0.4, -0.2) is 32.3 Å². The van der Waals surface area contributed by atoms with E-state index in [2.05, 4.69) is 5.32 Å². The second-order valence-corrected chi connectivity index (χ2v) is 6.30. The highest BCUT2D eigenvalue weighted by Gasteiger charge is 2.19. The zero-order chi connectivity index (χ0) is 19.2. The molecule has 0 saturated carbocycles. The first-order valence-corrected chi connectivity index (χ1v) is 8.83. The summed E-state index contributed by atoms with van der Waals surface area (Å²) in [5.41, 5.74) is 6.59. The molecule has 1 heterocycles. The molecule has 8 heteroatoms. The maximum absolute atomic E-state index is 14.2. The molecular formula is C20H24ClFN2O4. The molecule has 1 aliphatic heterocycles. The van der Waals surface area contributed by atoms with Gasteiger partial charge in [0.15, 0.2) is 23.1 Å². The Labute approximate surface area is 169 Å². The first-order valence-electron chi connectivity index (χ1n) is 8.83. The Hall–Kier alpha value is -2.35. The van der Waals surface area contributed by atoms with Crippen molar-refractivity contribution in [2.24, 2.45) is 5.73 Å². The van der Waals surface area contributed by atoms with Gasteiger partial charge in [-0.25, -0.2) is 4.39 Å². The Bertz CT molecular complexity index is 813. The van der Waals surface area contributed by atoms with E-state index in [1.807, 2.05) is 0 Å². The van der Waals surface area contributed by atoms with Crippen LogP contribution in [0.15, 0.2) is 36.4 Å². The number of ether oxygens (including phenoxy) is 3. The normalized spacial score (nSPS) is 14.1. The maximum Gasteiger partial charge on any atom is 0.251 e. The minimum Gasteiger partial charge on any atom is -0.493 e. The molecule has 0 atom stereocenters. The van der Waals surface area contributed by atoms with Gasteiger partial charge in [0.2, 0.25) is 0 Å². The van der Waals surface area contributed by atoms with Crippen molar-refractivity contribution >= 4 is 18.3 Å². The van der Waals surface area contributed by atoms with Gasteiger partial charge in [-0.05, 0) is 48.7 Å². The van der Waals surface area contributed by atoms with E-state index in [1.54, 1.807) is 24.3 Å². The lowest BCUT2D eigenvalue weighted by atomic mass is 10.1. The maximum atomic E-state index is 14.2. The highest BCUT2D eigenvalue weighted by atomic mass is 35.5. The van der Waals surface area contributed by atoms with Crippen LogP contribution in [0, 0.1) is 5.82 Å². The molecule has 0 aromatic heterocycles. The summed E-state index contributed by atoms with van der Waals surface area (Å²) in [6, 6.07) is 9.42. The van der Waals surface area contributed by atoms with Crippen molar-refractivity contribution in [1.29, 1.82) is 0 Å². The van der Waals surface area contributed by atoms with Crippen LogP contribution in [-0.2, 0) is 11.3 Å². The smallest absolute Gasteiger partial charge is 0.251 e. The van der Waals surface area contributed by atoms with Gasteiger partial charge < -0.3 is 25.3 Å². The number of nitrogens with two attached hydrogens (primary N) is 1. The van der Waals surface area contributed by atoms with Gasteiger partial charge in [0.1, 0.15) is 0 Å². The van der Waals surface area contributed by atoms with Gasteiger partial charge in [-0.2, -0.15) is 0 Å². The molecule has 1 aliphatic rings. The van der Waals surface area contributed by atoms with Gasteiger partial charge >= 0.3 is 0 Å². The fraction of sp³-hybridized carbons (Fsp3) is 0.350. The van der Waals surface area contributed by atoms with Crippen molar-refractivity contribution in [3.05, 3.63) is 53.3 Å². The molecule has 3 N–H and O–H groups in total. The molecule has 0 spiro atoms. The Morgan fingerprint density at radius 2 is 1.89 bits per heavy atom. The minimum atomic E-state index is -0.530. The molecule has 0 radical (unpaired) electrons. The lowest BCUT2D eigenvalue weighted by molar-refractivity contribution is 0.0696. The summed E-state index contributed by atoms with van der Waals surface area (Å²) in [6.07, 6.45) is 1.56. The Morgan fingerprint density at radius 3 is 2.54 bits per heavy atom. The zero-order valence-corrected chi connectivity index (χ0v) is 16.4. The van der Waals surface area contributed by atoms with E-state index in [0.29, 0.717) is 30.1 Å². The molecule has 6 nitrogen and oxygen atoms in total. The molecule has 0 unspecified atom stereocenters. The molecule has 2 aromatic rings. The van der Waals surface area contributed by atoms with Crippen molar-refractivity contribution in [2.45, 2.75) is 25.4 Å². The van der Waals surface area contributed by atoms with E-state index >= 15 is 0 Å². The van der Waals surface area contributed by atoms with Gasteiger partial charge in [-0.1, -0.05) is 6.07 Å². The average Bonchev–Trinajstić information content (AvgIpc) is 2.70. The summed E-state index contributed by atoms with van der Waals surface area (Å²) in [5, 5.41) is 2.99. The van der Waals surface area contributed by atoms with E-state index in [1.165, 1.54) is 19.2 Å². The van der Waals surface area contributed by atoms with Crippen LogP contribution < -0.4 is 20.5 Å². The number of rotatable bonds is 6. The quantitative estimate of drug-likeness (QED) is 0.762. The Kier molecular flexibility index (Phi) is 8.04. The second kappa shape index (κ2) is 10.3. The third-order valence-corrected chi connectivity index (χ3v) is 4.43. The first-order chi connectivity index (χ1) is 13.1. The van der Waals surface area contributed by atoms with Gasteiger partial charge in [-0.3, -0.25) is 4.79 Å². The molecule has 1 saturated heterocycles. The number of nitrogens with one attached hydrogen (secondary N) is 1. The van der Waals surface area contributed by atoms with Crippen LogP contribution in [0.3, 0.4) is 0 Å². The number of methoxy groups -OCH3 is 1. The lowest BCUT2D eigenvalue weighted by Gasteiger charge is -2.23. The number of halogens is 2. The van der Waals surface area contributed by atoms with Crippen LogP contribution in [0.25, 0.3) is 0 Å². The number of hydrogen-bond acceptors (Lipinski definition) is 5. The fourth-order valence-electron chi connectivity index (χ4n) is 2.88. The van der Waals surface area contributed by atoms with Crippen LogP contribution >= 0.6 is 12.4 Å². The van der Waals surface area contributed by atoms with Crippen molar-refractivity contribution in [1.82, 2.24) is 5.32 Å². The molecule has 152 valence electrons. The molecule has 0 aliphatic carbocycles. The molecule has 0 bridgehead atoms. The van der Waals surface area contributed by atoms with Gasteiger partial charge in [0, 0.05) is 31.4 Å². The third kappa shape index (κ3) is 5.34. The van der Waals surface area contributed by atoms with E-state index in [0.717, 1.165) is 12.8 Å². The summed E-state index contributed by atoms with van der Waals surface area (Å²) in [5.74, 6) is -0.0469. The van der Waals surface area contributed by atoms with Crippen LogP contribution in [0.5, 0.6) is 17.2 Å². The number of benzene rings is 2. The number of amides is 1. The topological polar surface area (TPSA) is 82.8 Å². The van der Waals surface area contributed by atoms with Crippen molar-refractivity contribution < 1.29 is 23.4 Å². The summed E-state index contributed by atoms with van der Waals surface area (Å²) >= 11 is 0. The monoisotopic (exact) mass is 410 g/mol. The number of carbonyl (C=O) groups is 1. The van der Waals surface area contributed by atoms with E-state index < -0.39 is 5.82 Å². The zero-order valence-electron chi connectivity index (χ0n) is 15.6. The SMILES string of the molecule is COc1ccc(C(=O)NC2CCOCC2)cc1Oc1ccc(CN)cc1F.Cl. The molecule has 1 amide bonds. The molecule has 2 aromatic carbocycles. The molecule has 3 rings (SSSR count). The molecule has 28 heavy (non-hydrogen) atoms. The second-order valence-electron chi connectivity index (χ2n) is 6.30. The van der Waals surface area contributed by atoms with Crippen molar-refractivity contribution in [2.75, 3.05) is 20.3 Å². The van der Waals surface area contributed by atoms with Gasteiger partial charge in [-0.15, -0.1) is 12.4 Å². The van der Waals surface area contributed by atoms with Crippen molar-refractivity contribution in [3.63, 3.8) is 0 Å². The fourth-order valence-corrected chi connectivity index (χ4v) is 2.88. The van der Waals surface area contributed by atoms with E-state index in [9.17, 15) is 9.18 Å². The Balaban J connectivity index is 0.00000280. The molecule has 1 fully saturated rings.